The second kappa shape index (κ2) is 7.04. The Labute approximate surface area is 126 Å². The number of carboxylic acid groups (broad SMARTS) is 2. The Bertz CT molecular complexity index is 562. The number of aromatic carboxylic acids is 1. The van der Waals surface area contributed by atoms with Crippen molar-refractivity contribution in [2.24, 2.45) is 0 Å². The van der Waals surface area contributed by atoms with Gasteiger partial charge in [0.05, 0.1) is 5.56 Å². The monoisotopic (exact) mass is 307 g/mol. The standard InChI is InChI=1S/C15H17NO6/c17-13(12-2-1-7-22-12)16-11(15(20)21)8-9-3-5-10(6-4-9)14(18)19/h3-6,11-12H,1-2,7-8H2,(H,16,17)(H,18,19)(H,20,21)/t11-,12+/m0/s1. The number of carbonyl (C=O) groups excluding carboxylic acids is 1. The minimum Gasteiger partial charge on any atom is -0.480 e. The quantitative estimate of drug-likeness (QED) is 0.712. The van der Waals surface area contributed by atoms with Crippen molar-refractivity contribution in [3.05, 3.63) is 35.4 Å². The van der Waals surface area contributed by atoms with E-state index >= 15 is 0 Å². The molecule has 0 bridgehead atoms. The van der Waals surface area contributed by atoms with Gasteiger partial charge in [0, 0.05) is 13.0 Å². The minimum absolute atomic E-state index is 0.0771. The predicted molar refractivity (Wildman–Crippen MR) is 75.6 cm³/mol. The number of hydrogen-bond donors (Lipinski definition) is 3. The molecule has 118 valence electrons. The van der Waals surface area contributed by atoms with Crippen molar-refractivity contribution < 1.29 is 29.3 Å². The number of ether oxygens (including phenoxy) is 1. The molecule has 1 amide bonds. The van der Waals surface area contributed by atoms with Gasteiger partial charge in [-0.1, -0.05) is 12.1 Å². The Morgan fingerprint density at radius 2 is 1.91 bits per heavy atom. The number of amides is 1. The summed E-state index contributed by atoms with van der Waals surface area (Å²) in [7, 11) is 0. The van der Waals surface area contributed by atoms with Gasteiger partial charge in [-0.3, -0.25) is 4.79 Å². The molecule has 0 saturated carbocycles. The molecule has 1 aliphatic rings. The Balaban J connectivity index is 2.00. The largest absolute Gasteiger partial charge is 0.480 e. The Kier molecular flexibility index (Phi) is 5.11. The van der Waals surface area contributed by atoms with Gasteiger partial charge in [-0.15, -0.1) is 0 Å². The molecule has 0 radical (unpaired) electrons. The van der Waals surface area contributed by atoms with Gasteiger partial charge in [0.15, 0.2) is 0 Å². The summed E-state index contributed by atoms with van der Waals surface area (Å²) >= 11 is 0. The van der Waals surface area contributed by atoms with E-state index in [0.29, 0.717) is 18.6 Å². The van der Waals surface area contributed by atoms with Crippen molar-refractivity contribution in [1.82, 2.24) is 5.32 Å². The average Bonchev–Trinajstić information content (AvgIpc) is 3.01. The van der Waals surface area contributed by atoms with Crippen LogP contribution in [0.15, 0.2) is 24.3 Å². The van der Waals surface area contributed by atoms with Gasteiger partial charge < -0.3 is 20.3 Å². The van der Waals surface area contributed by atoms with Crippen LogP contribution in [0.2, 0.25) is 0 Å². The highest BCUT2D eigenvalue weighted by Gasteiger charge is 2.28. The van der Waals surface area contributed by atoms with Crippen LogP contribution in [-0.4, -0.2) is 46.8 Å². The summed E-state index contributed by atoms with van der Waals surface area (Å²) in [6.45, 7) is 0.506. The van der Waals surface area contributed by atoms with Gasteiger partial charge in [-0.25, -0.2) is 9.59 Å². The zero-order valence-corrected chi connectivity index (χ0v) is 11.8. The predicted octanol–water partition coefficient (Wildman–Crippen LogP) is 0.676. The summed E-state index contributed by atoms with van der Waals surface area (Å²) in [5.74, 6) is -2.62. The third-order valence-electron chi connectivity index (χ3n) is 3.48. The zero-order chi connectivity index (χ0) is 16.1. The topological polar surface area (TPSA) is 113 Å². The van der Waals surface area contributed by atoms with Gasteiger partial charge in [-0.2, -0.15) is 0 Å². The maximum atomic E-state index is 11.9. The van der Waals surface area contributed by atoms with E-state index in [4.69, 9.17) is 9.84 Å². The lowest BCUT2D eigenvalue weighted by Crippen LogP contribution is -2.46. The molecule has 1 heterocycles. The van der Waals surface area contributed by atoms with E-state index in [1.54, 1.807) is 0 Å². The highest BCUT2D eigenvalue weighted by molar-refractivity contribution is 5.88. The fourth-order valence-corrected chi connectivity index (χ4v) is 2.27. The molecule has 0 aromatic heterocycles. The number of nitrogens with one attached hydrogen (secondary N) is 1. The molecular weight excluding hydrogens is 290 g/mol. The lowest BCUT2D eigenvalue weighted by molar-refractivity contribution is -0.143. The van der Waals surface area contributed by atoms with Crippen LogP contribution in [0, 0.1) is 0 Å². The Morgan fingerprint density at radius 3 is 2.41 bits per heavy atom. The first-order chi connectivity index (χ1) is 10.5. The van der Waals surface area contributed by atoms with Crippen LogP contribution in [0.1, 0.15) is 28.8 Å². The van der Waals surface area contributed by atoms with Gasteiger partial charge in [-0.05, 0) is 30.5 Å². The Hall–Kier alpha value is -2.41. The Morgan fingerprint density at radius 1 is 1.23 bits per heavy atom. The number of benzene rings is 1. The molecule has 1 aliphatic heterocycles. The van der Waals surface area contributed by atoms with Crippen LogP contribution >= 0.6 is 0 Å². The van der Waals surface area contributed by atoms with E-state index in [2.05, 4.69) is 5.32 Å². The molecule has 7 nitrogen and oxygen atoms in total. The van der Waals surface area contributed by atoms with Crippen LogP contribution < -0.4 is 5.32 Å². The SMILES string of the molecule is O=C(O)c1ccc(C[C@H](NC(=O)[C@H]2CCCO2)C(=O)O)cc1. The molecule has 22 heavy (non-hydrogen) atoms. The minimum atomic E-state index is -1.14. The summed E-state index contributed by atoms with van der Waals surface area (Å²) in [5.41, 5.74) is 0.754. The van der Waals surface area contributed by atoms with Crippen molar-refractivity contribution in [3.63, 3.8) is 0 Å². The first kappa shape index (κ1) is 16.0. The second-order valence-electron chi connectivity index (χ2n) is 5.11. The fraction of sp³-hybridized carbons (Fsp3) is 0.400. The number of rotatable bonds is 6. The van der Waals surface area contributed by atoms with Crippen LogP contribution in [0.4, 0.5) is 0 Å². The lowest BCUT2D eigenvalue weighted by Gasteiger charge is -2.17. The number of aliphatic carboxylic acids is 1. The third kappa shape index (κ3) is 4.05. The van der Waals surface area contributed by atoms with Crippen LogP contribution in [0.5, 0.6) is 0 Å². The molecular formula is C15H17NO6. The zero-order valence-electron chi connectivity index (χ0n) is 11.8. The first-order valence-electron chi connectivity index (χ1n) is 6.94. The first-order valence-corrected chi connectivity index (χ1v) is 6.94. The summed E-state index contributed by atoms with van der Waals surface area (Å²) < 4.78 is 5.22. The summed E-state index contributed by atoms with van der Waals surface area (Å²) in [6.07, 6.45) is 0.863. The van der Waals surface area contributed by atoms with Crippen LogP contribution in [0.3, 0.4) is 0 Å². The summed E-state index contributed by atoms with van der Waals surface area (Å²) in [6, 6.07) is 4.80. The highest BCUT2D eigenvalue weighted by Crippen LogP contribution is 2.13. The van der Waals surface area contributed by atoms with Gasteiger partial charge in [0.1, 0.15) is 12.1 Å². The molecule has 1 aromatic rings. The van der Waals surface area contributed by atoms with Crippen molar-refractivity contribution in [3.8, 4) is 0 Å². The van der Waals surface area contributed by atoms with Crippen molar-refractivity contribution in [2.75, 3.05) is 6.61 Å². The van der Waals surface area contributed by atoms with Crippen molar-refractivity contribution in [1.29, 1.82) is 0 Å². The highest BCUT2D eigenvalue weighted by atomic mass is 16.5. The molecule has 7 heteroatoms. The summed E-state index contributed by atoms with van der Waals surface area (Å²) in [5, 5.41) is 20.5. The van der Waals surface area contributed by atoms with Crippen LogP contribution in [0.25, 0.3) is 0 Å². The molecule has 1 saturated heterocycles. The molecule has 1 fully saturated rings. The molecule has 2 atom stereocenters. The normalized spacial score (nSPS) is 18.6. The maximum absolute atomic E-state index is 11.9. The van der Waals surface area contributed by atoms with Crippen LogP contribution in [-0.2, 0) is 20.7 Å². The van der Waals surface area contributed by atoms with Crippen molar-refractivity contribution in [2.45, 2.75) is 31.4 Å². The fourth-order valence-electron chi connectivity index (χ4n) is 2.27. The molecule has 0 aliphatic carbocycles. The van der Waals surface area contributed by atoms with E-state index < -0.39 is 30.0 Å². The average molecular weight is 307 g/mol. The van der Waals surface area contributed by atoms with E-state index in [-0.39, 0.29) is 12.0 Å². The van der Waals surface area contributed by atoms with E-state index in [9.17, 15) is 19.5 Å². The molecule has 0 spiro atoms. The molecule has 2 rings (SSSR count). The maximum Gasteiger partial charge on any atom is 0.335 e. The third-order valence-corrected chi connectivity index (χ3v) is 3.48. The molecule has 1 aromatic carbocycles. The second-order valence-corrected chi connectivity index (χ2v) is 5.11. The lowest BCUT2D eigenvalue weighted by atomic mass is 10.0. The van der Waals surface area contributed by atoms with E-state index in [0.717, 1.165) is 6.42 Å². The van der Waals surface area contributed by atoms with Gasteiger partial charge >= 0.3 is 11.9 Å². The van der Waals surface area contributed by atoms with Crippen molar-refractivity contribution >= 4 is 17.8 Å². The molecule has 3 N–H and O–H groups in total. The van der Waals surface area contributed by atoms with E-state index in [1.807, 2.05) is 0 Å². The molecule has 0 unspecified atom stereocenters. The smallest absolute Gasteiger partial charge is 0.335 e. The number of hydrogen-bond acceptors (Lipinski definition) is 4. The number of carbonyl (C=O) groups is 3. The summed E-state index contributed by atoms with van der Waals surface area (Å²) in [4.78, 5) is 34.0. The van der Waals surface area contributed by atoms with E-state index in [1.165, 1.54) is 24.3 Å². The van der Waals surface area contributed by atoms with Gasteiger partial charge in [0.25, 0.3) is 0 Å². The van der Waals surface area contributed by atoms with Gasteiger partial charge in [0.2, 0.25) is 5.91 Å². The number of carboxylic acids is 2.